The number of carbonyl (C=O) groups excluding carboxylic acids is 1. The van der Waals surface area contributed by atoms with Crippen LogP contribution in [0.25, 0.3) is 0 Å². The number of rotatable bonds is 3. The van der Waals surface area contributed by atoms with Crippen LogP contribution in [0.3, 0.4) is 0 Å². The molecule has 1 aromatic carbocycles. The molecule has 0 aliphatic rings. The second kappa shape index (κ2) is 6.65. The van der Waals surface area contributed by atoms with Crippen molar-refractivity contribution in [2.24, 2.45) is 0 Å². The van der Waals surface area contributed by atoms with Gasteiger partial charge in [-0.05, 0) is 17.5 Å². The van der Waals surface area contributed by atoms with E-state index in [0.717, 1.165) is 0 Å². The van der Waals surface area contributed by atoms with E-state index in [-0.39, 0.29) is 12.3 Å². The number of hydrogen-bond acceptors (Lipinski definition) is 5. The first-order valence-corrected chi connectivity index (χ1v) is 6.73. The molecule has 0 aliphatic heterocycles. The SMILES string of the molecule is O=C(Nc1cccc([N+](=O)[O-])c1)c1sccc1C#CCO. The monoisotopic (exact) mass is 302 g/mol. The molecule has 0 spiro atoms. The van der Waals surface area contributed by atoms with Crippen LogP contribution in [0.15, 0.2) is 35.7 Å². The first-order chi connectivity index (χ1) is 10.1. The fourth-order valence-electron chi connectivity index (χ4n) is 1.60. The number of thiophene rings is 1. The van der Waals surface area contributed by atoms with E-state index in [0.29, 0.717) is 16.1 Å². The number of nitro groups is 1. The van der Waals surface area contributed by atoms with Gasteiger partial charge in [-0.2, -0.15) is 0 Å². The summed E-state index contributed by atoms with van der Waals surface area (Å²) in [4.78, 5) is 22.7. The molecule has 0 atom stereocenters. The lowest BCUT2D eigenvalue weighted by Gasteiger charge is -2.03. The van der Waals surface area contributed by atoms with Crippen molar-refractivity contribution in [1.29, 1.82) is 0 Å². The maximum Gasteiger partial charge on any atom is 0.271 e. The molecule has 1 amide bonds. The summed E-state index contributed by atoms with van der Waals surface area (Å²) in [7, 11) is 0. The number of aliphatic hydroxyl groups is 1. The van der Waals surface area contributed by atoms with Crippen LogP contribution in [-0.2, 0) is 0 Å². The third kappa shape index (κ3) is 3.66. The molecule has 21 heavy (non-hydrogen) atoms. The molecule has 2 rings (SSSR count). The average molecular weight is 302 g/mol. The molecule has 0 radical (unpaired) electrons. The number of anilines is 1. The standard InChI is InChI=1S/C14H10N2O4S/c17-7-2-3-10-6-8-21-13(10)14(18)15-11-4-1-5-12(9-11)16(19)20/h1,4-6,8-9,17H,7H2,(H,15,18). The molecule has 1 aromatic heterocycles. The van der Waals surface area contributed by atoms with Gasteiger partial charge in [-0.25, -0.2) is 0 Å². The first-order valence-electron chi connectivity index (χ1n) is 5.85. The molecule has 0 saturated heterocycles. The molecule has 7 heteroatoms. The molecule has 106 valence electrons. The number of nitro benzene ring substituents is 1. The zero-order valence-electron chi connectivity index (χ0n) is 10.7. The summed E-state index contributed by atoms with van der Waals surface area (Å²) in [5, 5.41) is 23.7. The second-order valence-corrected chi connectivity index (χ2v) is 4.80. The minimum atomic E-state index is -0.529. The highest BCUT2D eigenvalue weighted by Gasteiger charge is 2.13. The van der Waals surface area contributed by atoms with Gasteiger partial charge in [0.1, 0.15) is 11.5 Å². The van der Waals surface area contributed by atoms with Gasteiger partial charge in [-0.15, -0.1) is 11.3 Å². The molecular weight excluding hydrogens is 292 g/mol. The van der Waals surface area contributed by atoms with E-state index in [1.54, 1.807) is 17.5 Å². The van der Waals surface area contributed by atoms with Crippen molar-refractivity contribution in [3.63, 3.8) is 0 Å². The molecule has 2 aromatic rings. The van der Waals surface area contributed by atoms with Crippen LogP contribution < -0.4 is 5.32 Å². The van der Waals surface area contributed by atoms with E-state index in [2.05, 4.69) is 17.2 Å². The highest BCUT2D eigenvalue weighted by Crippen LogP contribution is 2.21. The molecule has 0 unspecified atom stereocenters. The fourth-order valence-corrected chi connectivity index (χ4v) is 2.35. The Morgan fingerprint density at radius 3 is 2.95 bits per heavy atom. The van der Waals surface area contributed by atoms with Crippen LogP contribution in [0.2, 0.25) is 0 Å². The number of nitrogens with zero attached hydrogens (tertiary/aromatic N) is 1. The molecule has 0 aliphatic carbocycles. The highest BCUT2D eigenvalue weighted by atomic mass is 32.1. The van der Waals surface area contributed by atoms with Gasteiger partial charge in [-0.3, -0.25) is 14.9 Å². The Bertz CT molecular complexity index is 743. The van der Waals surface area contributed by atoms with Gasteiger partial charge < -0.3 is 10.4 Å². The van der Waals surface area contributed by atoms with E-state index >= 15 is 0 Å². The predicted molar refractivity (Wildman–Crippen MR) is 79.3 cm³/mol. The number of aliphatic hydroxyl groups excluding tert-OH is 1. The summed E-state index contributed by atoms with van der Waals surface area (Å²) in [5.74, 6) is 4.76. The van der Waals surface area contributed by atoms with E-state index < -0.39 is 10.8 Å². The Morgan fingerprint density at radius 1 is 1.43 bits per heavy atom. The minimum Gasteiger partial charge on any atom is -0.384 e. The highest BCUT2D eigenvalue weighted by molar-refractivity contribution is 7.12. The van der Waals surface area contributed by atoms with Crippen molar-refractivity contribution < 1.29 is 14.8 Å². The van der Waals surface area contributed by atoms with Crippen molar-refractivity contribution in [3.05, 3.63) is 56.3 Å². The molecule has 2 N–H and O–H groups in total. The van der Waals surface area contributed by atoms with Crippen molar-refractivity contribution >= 4 is 28.6 Å². The van der Waals surface area contributed by atoms with Crippen LogP contribution >= 0.6 is 11.3 Å². The predicted octanol–water partition coefficient (Wildman–Crippen LogP) is 2.25. The molecule has 1 heterocycles. The zero-order valence-corrected chi connectivity index (χ0v) is 11.5. The van der Waals surface area contributed by atoms with Crippen molar-refractivity contribution in [1.82, 2.24) is 0 Å². The Balaban J connectivity index is 2.20. The summed E-state index contributed by atoms with van der Waals surface area (Å²) in [6.45, 7) is -0.290. The average Bonchev–Trinajstić information content (AvgIpc) is 2.93. The number of hydrogen-bond donors (Lipinski definition) is 2. The van der Waals surface area contributed by atoms with Crippen LogP contribution in [0.4, 0.5) is 11.4 Å². The molecule has 0 fully saturated rings. The summed E-state index contributed by atoms with van der Waals surface area (Å²) in [6.07, 6.45) is 0. The van der Waals surface area contributed by atoms with Crippen LogP contribution in [0.1, 0.15) is 15.2 Å². The van der Waals surface area contributed by atoms with Gasteiger partial charge in [-0.1, -0.05) is 17.9 Å². The van der Waals surface area contributed by atoms with Crippen LogP contribution in [0, 0.1) is 22.0 Å². The van der Waals surface area contributed by atoms with Crippen molar-refractivity contribution in [3.8, 4) is 11.8 Å². The Morgan fingerprint density at radius 2 is 2.24 bits per heavy atom. The number of non-ortho nitro benzene ring substituents is 1. The summed E-state index contributed by atoms with van der Waals surface area (Å²) in [6, 6.07) is 7.37. The lowest BCUT2D eigenvalue weighted by molar-refractivity contribution is -0.384. The minimum absolute atomic E-state index is 0.0979. The largest absolute Gasteiger partial charge is 0.384 e. The van der Waals surface area contributed by atoms with Gasteiger partial charge in [0, 0.05) is 23.4 Å². The number of carbonyl (C=O) groups is 1. The fraction of sp³-hybridized carbons (Fsp3) is 0.0714. The van der Waals surface area contributed by atoms with E-state index in [9.17, 15) is 14.9 Å². The number of amides is 1. The lowest BCUT2D eigenvalue weighted by atomic mass is 10.2. The summed E-state index contributed by atoms with van der Waals surface area (Å²) in [5.41, 5.74) is 0.750. The molecule has 6 nitrogen and oxygen atoms in total. The van der Waals surface area contributed by atoms with Crippen molar-refractivity contribution in [2.45, 2.75) is 0 Å². The topological polar surface area (TPSA) is 92.5 Å². The molecule has 0 saturated carbocycles. The number of benzene rings is 1. The first kappa shape index (κ1) is 14.7. The van der Waals surface area contributed by atoms with Crippen LogP contribution in [-0.4, -0.2) is 22.5 Å². The van der Waals surface area contributed by atoms with Crippen molar-refractivity contribution in [2.75, 3.05) is 11.9 Å². The van der Waals surface area contributed by atoms with Gasteiger partial charge >= 0.3 is 0 Å². The number of nitrogens with one attached hydrogen (secondary N) is 1. The van der Waals surface area contributed by atoms with Gasteiger partial charge in [0.25, 0.3) is 11.6 Å². The molecular formula is C14H10N2O4S. The summed E-state index contributed by atoms with van der Waals surface area (Å²) >= 11 is 1.21. The Labute approximate surface area is 124 Å². The summed E-state index contributed by atoms with van der Waals surface area (Å²) < 4.78 is 0. The van der Waals surface area contributed by atoms with Gasteiger partial charge in [0.15, 0.2) is 0 Å². The smallest absolute Gasteiger partial charge is 0.271 e. The van der Waals surface area contributed by atoms with E-state index in [1.165, 1.54) is 29.5 Å². The normalized spacial score (nSPS) is 9.57. The maximum atomic E-state index is 12.1. The van der Waals surface area contributed by atoms with E-state index in [1.807, 2.05) is 0 Å². The second-order valence-electron chi connectivity index (χ2n) is 3.88. The Kier molecular flexibility index (Phi) is 4.66. The Hall–Kier alpha value is -2.69. The van der Waals surface area contributed by atoms with Crippen LogP contribution in [0.5, 0.6) is 0 Å². The quantitative estimate of drug-likeness (QED) is 0.516. The van der Waals surface area contributed by atoms with Gasteiger partial charge in [0.2, 0.25) is 0 Å². The lowest BCUT2D eigenvalue weighted by Crippen LogP contribution is -2.11. The van der Waals surface area contributed by atoms with Gasteiger partial charge in [0.05, 0.1) is 4.92 Å². The maximum absolute atomic E-state index is 12.1. The third-order valence-electron chi connectivity index (χ3n) is 2.49. The third-order valence-corrected chi connectivity index (χ3v) is 3.40. The molecule has 0 bridgehead atoms. The van der Waals surface area contributed by atoms with E-state index in [4.69, 9.17) is 5.11 Å². The zero-order chi connectivity index (χ0) is 15.2.